The molecule has 0 bridgehead atoms. The van der Waals surface area contributed by atoms with Crippen LogP contribution in [0, 0.1) is 17.3 Å². The molecule has 2 aliphatic rings. The van der Waals surface area contributed by atoms with E-state index in [9.17, 15) is 13.5 Å². The third-order valence-corrected chi connectivity index (χ3v) is 7.55. The number of aliphatic hydroxyl groups is 1. The second kappa shape index (κ2) is 5.84. The summed E-state index contributed by atoms with van der Waals surface area (Å²) >= 11 is 0. The van der Waals surface area contributed by atoms with Crippen LogP contribution in [0.3, 0.4) is 0 Å². The van der Waals surface area contributed by atoms with Crippen molar-refractivity contribution in [1.29, 1.82) is 0 Å². The normalized spacial score (nSPS) is 39.2. The number of hydrogen-bond acceptors (Lipinski definition) is 3. The van der Waals surface area contributed by atoms with Crippen molar-refractivity contribution in [3.05, 3.63) is 0 Å². The van der Waals surface area contributed by atoms with Gasteiger partial charge in [0.2, 0.25) is 0 Å². The van der Waals surface area contributed by atoms with Crippen molar-refractivity contribution in [2.24, 2.45) is 17.3 Å². The molecule has 3 nitrogen and oxygen atoms in total. The van der Waals surface area contributed by atoms with Crippen LogP contribution in [-0.4, -0.2) is 30.6 Å². The monoisotopic (exact) mass is 316 g/mol. The van der Waals surface area contributed by atoms with Gasteiger partial charge in [0, 0.05) is 6.26 Å². The molecule has 0 radical (unpaired) electrons. The highest BCUT2D eigenvalue weighted by atomic mass is 32.2. The highest BCUT2D eigenvalue weighted by Gasteiger charge is 2.50. The fourth-order valence-electron chi connectivity index (χ4n) is 4.84. The van der Waals surface area contributed by atoms with E-state index in [1.165, 1.54) is 12.7 Å². The Kier molecular flexibility index (Phi) is 4.80. The van der Waals surface area contributed by atoms with Crippen LogP contribution in [-0.2, 0) is 9.84 Å². The Morgan fingerprint density at radius 2 is 1.71 bits per heavy atom. The minimum atomic E-state index is -2.99. The van der Waals surface area contributed by atoms with Gasteiger partial charge in [-0.05, 0) is 49.4 Å². The Labute approximate surface area is 130 Å². The van der Waals surface area contributed by atoms with Gasteiger partial charge in [0.25, 0.3) is 0 Å². The Bertz CT molecular complexity index is 463. The van der Waals surface area contributed by atoms with Crippen LogP contribution in [0.2, 0.25) is 0 Å². The lowest BCUT2D eigenvalue weighted by atomic mass is 9.57. The van der Waals surface area contributed by atoms with Crippen molar-refractivity contribution in [1.82, 2.24) is 0 Å². The molecule has 0 aliphatic heterocycles. The van der Waals surface area contributed by atoms with Gasteiger partial charge in [0.15, 0.2) is 0 Å². The van der Waals surface area contributed by atoms with Crippen molar-refractivity contribution in [2.75, 3.05) is 6.26 Å². The zero-order chi connectivity index (χ0) is 15.9. The lowest BCUT2D eigenvalue weighted by molar-refractivity contribution is -0.136. The first-order valence-corrected chi connectivity index (χ1v) is 10.4. The largest absolute Gasteiger partial charge is 0.389 e. The summed E-state index contributed by atoms with van der Waals surface area (Å²) in [5, 5.41) is 11.2. The van der Waals surface area contributed by atoms with Crippen molar-refractivity contribution in [3.8, 4) is 0 Å². The van der Waals surface area contributed by atoms with E-state index in [1.54, 1.807) is 0 Å². The molecule has 0 amide bonds. The molecule has 2 rings (SSSR count). The maximum Gasteiger partial charge on any atom is 0.150 e. The molecule has 21 heavy (non-hydrogen) atoms. The van der Waals surface area contributed by atoms with Gasteiger partial charge in [-0.3, -0.25) is 0 Å². The minimum Gasteiger partial charge on any atom is -0.389 e. The molecule has 1 N–H and O–H groups in total. The van der Waals surface area contributed by atoms with Crippen LogP contribution < -0.4 is 0 Å². The van der Waals surface area contributed by atoms with E-state index in [-0.39, 0.29) is 22.5 Å². The fraction of sp³-hybridized carbons (Fsp3) is 1.00. The van der Waals surface area contributed by atoms with Crippen molar-refractivity contribution in [3.63, 3.8) is 0 Å². The van der Waals surface area contributed by atoms with Crippen molar-refractivity contribution in [2.45, 2.75) is 83.0 Å². The van der Waals surface area contributed by atoms with Gasteiger partial charge in [0.05, 0.1) is 10.9 Å². The minimum absolute atomic E-state index is 0.0766. The van der Waals surface area contributed by atoms with E-state index in [1.807, 2.05) is 0 Å². The van der Waals surface area contributed by atoms with E-state index in [0.29, 0.717) is 6.42 Å². The second-order valence-corrected chi connectivity index (χ2v) is 10.8. The quantitative estimate of drug-likeness (QED) is 0.847. The lowest BCUT2D eigenvalue weighted by Gasteiger charge is -2.52. The molecule has 0 spiro atoms. The predicted octanol–water partition coefficient (Wildman–Crippen LogP) is 3.56. The molecular formula is C17H32O3S. The first kappa shape index (κ1) is 17.3. The van der Waals surface area contributed by atoms with E-state index in [4.69, 9.17) is 0 Å². The third-order valence-electron chi connectivity index (χ3n) is 5.91. The molecular weight excluding hydrogens is 284 g/mol. The molecule has 4 heteroatoms. The van der Waals surface area contributed by atoms with Crippen molar-refractivity contribution >= 4 is 9.84 Å². The smallest absolute Gasteiger partial charge is 0.150 e. The zero-order valence-electron chi connectivity index (χ0n) is 14.1. The lowest BCUT2D eigenvalue weighted by Crippen LogP contribution is -2.53. The summed E-state index contributed by atoms with van der Waals surface area (Å²) in [5.74, 6) is 0.428. The van der Waals surface area contributed by atoms with E-state index < -0.39 is 15.4 Å². The number of rotatable bonds is 2. The van der Waals surface area contributed by atoms with E-state index in [0.717, 1.165) is 38.5 Å². The van der Waals surface area contributed by atoms with Crippen LogP contribution in [0.15, 0.2) is 0 Å². The van der Waals surface area contributed by atoms with Gasteiger partial charge < -0.3 is 5.11 Å². The molecule has 0 aromatic heterocycles. The number of sulfone groups is 1. The number of hydrogen-bond donors (Lipinski definition) is 1. The first-order chi connectivity index (χ1) is 9.55. The Morgan fingerprint density at radius 3 is 2.29 bits per heavy atom. The molecule has 0 heterocycles. The molecule has 2 saturated carbocycles. The van der Waals surface area contributed by atoms with Crippen LogP contribution in [0.25, 0.3) is 0 Å². The van der Waals surface area contributed by atoms with Crippen LogP contribution in [0.4, 0.5) is 0 Å². The summed E-state index contributed by atoms with van der Waals surface area (Å²) in [4.78, 5) is 0. The van der Waals surface area contributed by atoms with Gasteiger partial charge in [-0.15, -0.1) is 0 Å². The fourth-order valence-corrected chi connectivity index (χ4v) is 6.02. The van der Waals surface area contributed by atoms with Gasteiger partial charge >= 0.3 is 0 Å². The topological polar surface area (TPSA) is 54.4 Å². The van der Waals surface area contributed by atoms with E-state index in [2.05, 4.69) is 20.8 Å². The molecule has 2 aliphatic carbocycles. The summed E-state index contributed by atoms with van der Waals surface area (Å²) in [6.07, 6.45) is 8.86. The molecule has 4 atom stereocenters. The van der Waals surface area contributed by atoms with E-state index >= 15 is 0 Å². The maximum absolute atomic E-state index is 11.9. The van der Waals surface area contributed by atoms with Crippen LogP contribution in [0.1, 0.15) is 72.1 Å². The second-order valence-electron chi connectivity index (χ2n) is 8.47. The summed E-state index contributed by atoms with van der Waals surface area (Å²) < 4.78 is 23.8. The molecule has 0 aromatic rings. The molecule has 4 unspecified atom stereocenters. The molecule has 124 valence electrons. The average Bonchev–Trinajstić information content (AvgIpc) is 2.37. The van der Waals surface area contributed by atoms with Gasteiger partial charge in [-0.1, -0.05) is 40.0 Å². The van der Waals surface area contributed by atoms with Crippen LogP contribution >= 0.6 is 0 Å². The molecule has 0 saturated heterocycles. The zero-order valence-corrected chi connectivity index (χ0v) is 14.9. The summed E-state index contributed by atoms with van der Waals surface area (Å²) in [6, 6.07) is 0. The highest BCUT2D eigenvalue weighted by Crippen LogP contribution is 2.51. The standard InChI is InChI=1S/C17H32O3S/c1-16(2,3)15-10-5-6-11-17(15,18)13-8-7-9-14(12-13)21(4,19)20/h13-15,18H,5-12H2,1-4H3. The average molecular weight is 317 g/mol. The summed E-state index contributed by atoms with van der Waals surface area (Å²) in [7, 11) is -2.99. The Balaban J connectivity index is 2.24. The molecule has 0 aromatic carbocycles. The summed E-state index contributed by atoms with van der Waals surface area (Å²) in [5.41, 5.74) is -0.590. The Morgan fingerprint density at radius 1 is 1.05 bits per heavy atom. The third kappa shape index (κ3) is 3.64. The van der Waals surface area contributed by atoms with Gasteiger partial charge in [-0.2, -0.15) is 0 Å². The SMILES string of the molecule is CC(C)(C)C1CCCCC1(O)C1CCCC(S(C)(=O)=O)C1. The van der Waals surface area contributed by atoms with Gasteiger partial charge in [-0.25, -0.2) is 8.42 Å². The maximum atomic E-state index is 11.9. The summed E-state index contributed by atoms with van der Waals surface area (Å²) in [6.45, 7) is 6.64. The highest BCUT2D eigenvalue weighted by molar-refractivity contribution is 7.91. The Hall–Kier alpha value is -0.0900. The van der Waals surface area contributed by atoms with Crippen molar-refractivity contribution < 1.29 is 13.5 Å². The van der Waals surface area contributed by atoms with Crippen LogP contribution in [0.5, 0.6) is 0 Å². The van der Waals surface area contributed by atoms with Gasteiger partial charge in [0.1, 0.15) is 9.84 Å². The predicted molar refractivity (Wildman–Crippen MR) is 87.0 cm³/mol. The first-order valence-electron chi connectivity index (χ1n) is 8.46. The molecule has 2 fully saturated rings.